The van der Waals surface area contributed by atoms with Gasteiger partial charge in [-0.15, -0.1) is 0 Å². The van der Waals surface area contributed by atoms with Crippen LogP contribution in [-0.2, 0) is 0 Å². The van der Waals surface area contributed by atoms with Gasteiger partial charge in [-0.2, -0.15) is 0 Å². The number of benzene rings is 2. The lowest BCUT2D eigenvalue weighted by Gasteiger charge is -2.03. The van der Waals surface area contributed by atoms with Gasteiger partial charge >= 0.3 is 0 Å². The molecule has 0 amide bonds. The van der Waals surface area contributed by atoms with E-state index in [9.17, 15) is 0 Å². The third kappa shape index (κ3) is 2.84. The van der Waals surface area contributed by atoms with Crippen LogP contribution in [0.2, 0.25) is 0 Å². The molecule has 0 aliphatic rings. The van der Waals surface area contributed by atoms with Gasteiger partial charge in [0.2, 0.25) is 0 Å². The summed E-state index contributed by atoms with van der Waals surface area (Å²) in [5, 5.41) is 0. The molecule has 2 aromatic carbocycles. The second-order valence-electron chi connectivity index (χ2n) is 4.00. The molecule has 3 rings (SSSR count). The van der Waals surface area contributed by atoms with Crippen molar-refractivity contribution in [3.05, 3.63) is 72.9 Å². The van der Waals surface area contributed by atoms with Crippen LogP contribution in [0.15, 0.2) is 72.9 Å². The molecule has 1 aromatic heterocycles. The summed E-state index contributed by atoms with van der Waals surface area (Å²) in [5.74, 6) is 0.761. The number of hydrogen-bond donors (Lipinski definition) is 1. The molecule has 0 bridgehead atoms. The van der Waals surface area contributed by atoms with Crippen molar-refractivity contribution in [2.24, 2.45) is 0 Å². The van der Waals surface area contributed by atoms with Gasteiger partial charge < -0.3 is 6.15 Å². The highest BCUT2D eigenvalue weighted by molar-refractivity contribution is 5.63. The molecule has 0 aliphatic carbocycles. The summed E-state index contributed by atoms with van der Waals surface area (Å²) < 4.78 is 0. The Kier molecular flexibility index (Phi) is 4.00. The molecular weight excluding hydrogens is 234 g/mol. The number of aromatic nitrogens is 2. The van der Waals surface area contributed by atoms with Crippen LogP contribution in [0.5, 0.6) is 0 Å². The van der Waals surface area contributed by atoms with Crippen molar-refractivity contribution < 1.29 is 0 Å². The van der Waals surface area contributed by atoms with E-state index in [2.05, 4.69) is 22.1 Å². The van der Waals surface area contributed by atoms with Crippen LogP contribution in [0.1, 0.15) is 0 Å². The summed E-state index contributed by atoms with van der Waals surface area (Å²) in [6, 6.07) is 22.1. The first kappa shape index (κ1) is 12.9. The average Bonchev–Trinajstić information content (AvgIpc) is 2.49. The van der Waals surface area contributed by atoms with Gasteiger partial charge in [-0.25, -0.2) is 9.97 Å². The highest BCUT2D eigenvalue weighted by atomic mass is 14.9. The Hall–Kier alpha value is -2.52. The van der Waals surface area contributed by atoms with E-state index in [1.54, 1.807) is 6.20 Å². The molecule has 0 atom stereocenters. The monoisotopic (exact) mass is 249 g/mol. The van der Waals surface area contributed by atoms with Crippen molar-refractivity contribution >= 4 is 0 Å². The van der Waals surface area contributed by atoms with Gasteiger partial charge in [0, 0.05) is 17.3 Å². The van der Waals surface area contributed by atoms with Crippen molar-refractivity contribution in [3.8, 4) is 22.6 Å². The Balaban J connectivity index is 0.00000133. The first-order valence-corrected chi connectivity index (χ1v) is 5.87. The fraction of sp³-hybridized carbons (Fsp3) is 0. The topological polar surface area (TPSA) is 60.8 Å². The smallest absolute Gasteiger partial charge is 0.159 e. The Labute approximate surface area is 112 Å². The van der Waals surface area contributed by atoms with Gasteiger partial charge in [0.25, 0.3) is 0 Å². The largest absolute Gasteiger partial charge is 0.344 e. The van der Waals surface area contributed by atoms with E-state index in [1.165, 1.54) is 0 Å². The number of rotatable bonds is 2. The van der Waals surface area contributed by atoms with Gasteiger partial charge in [-0.05, 0) is 6.07 Å². The molecule has 3 nitrogen and oxygen atoms in total. The van der Waals surface area contributed by atoms with Gasteiger partial charge in [-0.1, -0.05) is 60.7 Å². The van der Waals surface area contributed by atoms with E-state index < -0.39 is 0 Å². The van der Waals surface area contributed by atoms with Crippen molar-refractivity contribution in [3.63, 3.8) is 0 Å². The Bertz CT molecular complexity index is 582. The van der Waals surface area contributed by atoms with Crippen molar-refractivity contribution in [1.82, 2.24) is 16.1 Å². The molecule has 3 heteroatoms. The molecule has 0 saturated heterocycles. The molecule has 3 N–H and O–H groups in total. The van der Waals surface area contributed by atoms with Crippen LogP contribution < -0.4 is 6.15 Å². The molecule has 3 aromatic rings. The van der Waals surface area contributed by atoms with E-state index in [4.69, 9.17) is 0 Å². The first-order chi connectivity index (χ1) is 8.93. The second kappa shape index (κ2) is 5.89. The zero-order chi connectivity index (χ0) is 12.2. The minimum Gasteiger partial charge on any atom is -0.344 e. The summed E-state index contributed by atoms with van der Waals surface area (Å²) in [4.78, 5) is 8.93. The summed E-state index contributed by atoms with van der Waals surface area (Å²) in [6.07, 6.45) is 1.80. The van der Waals surface area contributed by atoms with Crippen LogP contribution in [0.3, 0.4) is 0 Å². The van der Waals surface area contributed by atoms with Crippen molar-refractivity contribution in [2.45, 2.75) is 0 Å². The van der Waals surface area contributed by atoms with Gasteiger partial charge in [0.05, 0.1) is 5.69 Å². The average molecular weight is 249 g/mol. The van der Waals surface area contributed by atoms with Gasteiger partial charge in [0.1, 0.15) is 0 Å². The molecule has 0 radical (unpaired) electrons. The molecule has 94 valence electrons. The molecule has 1 heterocycles. The van der Waals surface area contributed by atoms with Crippen LogP contribution in [0.25, 0.3) is 22.6 Å². The van der Waals surface area contributed by atoms with E-state index in [0.717, 1.165) is 22.6 Å². The van der Waals surface area contributed by atoms with E-state index in [1.807, 2.05) is 54.6 Å². The molecule has 0 saturated carbocycles. The fourth-order valence-corrected chi connectivity index (χ4v) is 1.85. The van der Waals surface area contributed by atoms with E-state index in [0.29, 0.717) is 0 Å². The third-order valence-corrected chi connectivity index (χ3v) is 2.76. The maximum atomic E-state index is 4.60. The Morgan fingerprint density at radius 3 is 1.84 bits per heavy atom. The lowest BCUT2D eigenvalue weighted by Crippen LogP contribution is -1.90. The fourth-order valence-electron chi connectivity index (χ4n) is 1.85. The Morgan fingerprint density at radius 2 is 1.21 bits per heavy atom. The normalized spacial score (nSPS) is 9.68. The lowest BCUT2D eigenvalue weighted by atomic mass is 10.1. The quantitative estimate of drug-likeness (QED) is 0.747. The van der Waals surface area contributed by atoms with Crippen LogP contribution >= 0.6 is 0 Å². The Morgan fingerprint density at radius 1 is 0.632 bits per heavy atom. The number of nitrogens with zero attached hydrogens (tertiary/aromatic N) is 2. The van der Waals surface area contributed by atoms with Gasteiger partial charge in [0.15, 0.2) is 5.82 Å². The molecule has 0 fully saturated rings. The predicted octanol–water partition coefficient (Wildman–Crippen LogP) is 3.97. The SMILES string of the molecule is N.c1ccc(-c2ccnc(-c3ccccc3)n2)cc1. The van der Waals surface area contributed by atoms with Crippen molar-refractivity contribution in [2.75, 3.05) is 0 Å². The summed E-state index contributed by atoms with van der Waals surface area (Å²) in [7, 11) is 0. The maximum absolute atomic E-state index is 4.60. The first-order valence-electron chi connectivity index (χ1n) is 5.87. The predicted molar refractivity (Wildman–Crippen MR) is 77.9 cm³/mol. The highest BCUT2D eigenvalue weighted by Gasteiger charge is 2.03. The summed E-state index contributed by atoms with van der Waals surface area (Å²) >= 11 is 0. The van der Waals surface area contributed by atoms with Gasteiger partial charge in [-0.3, -0.25) is 0 Å². The molecule has 19 heavy (non-hydrogen) atoms. The van der Waals surface area contributed by atoms with Crippen LogP contribution in [-0.4, -0.2) is 9.97 Å². The zero-order valence-corrected chi connectivity index (χ0v) is 10.5. The molecule has 0 aliphatic heterocycles. The van der Waals surface area contributed by atoms with E-state index >= 15 is 0 Å². The highest BCUT2D eigenvalue weighted by Crippen LogP contribution is 2.20. The molecule has 0 spiro atoms. The van der Waals surface area contributed by atoms with Crippen LogP contribution in [0.4, 0.5) is 0 Å². The summed E-state index contributed by atoms with van der Waals surface area (Å²) in [5.41, 5.74) is 3.09. The van der Waals surface area contributed by atoms with E-state index in [-0.39, 0.29) is 6.15 Å². The number of hydrogen-bond acceptors (Lipinski definition) is 3. The standard InChI is InChI=1S/C16H12N2.H3N/c1-3-7-13(8-4-1)15-11-12-17-16(18-15)14-9-5-2-6-10-14;/h1-12H;1H3. The maximum Gasteiger partial charge on any atom is 0.159 e. The molecule has 0 unspecified atom stereocenters. The van der Waals surface area contributed by atoms with Crippen molar-refractivity contribution in [1.29, 1.82) is 0 Å². The minimum atomic E-state index is 0. The minimum absolute atomic E-state index is 0. The lowest BCUT2D eigenvalue weighted by molar-refractivity contribution is 1.18. The third-order valence-electron chi connectivity index (χ3n) is 2.76. The summed E-state index contributed by atoms with van der Waals surface area (Å²) in [6.45, 7) is 0. The zero-order valence-electron chi connectivity index (χ0n) is 10.5. The second-order valence-corrected chi connectivity index (χ2v) is 4.00. The van der Waals surface area contributed by atoms with Crippen LogP contribution in [0, 0.1) is 0 Å². The molecular formula is C16H15N3.